The Labute approximate surface area is 133 Å². The number of nitrogens with zero attached hydrogens (tertiary/aromatic N) is 1. The average Bonchev–Trinajstić information content (AvgIpc) is 2.82. The first-order valence-electron chi connectivity index (χ1n) is 7.19. The molecule has 0 spiro atoms. The van der Waals surface area contributed by atoms with Gasteiger partial charge in [0.05, 0.1) is 31.1 Å². The zero-order valence-corrected chi connectivity index (χ0v) is 14.1. The average molecular weight is 361 g/mol. The van der Waals surface area contributed by atoms with E-state index in [2.05, 4.69) is 0 Å². The standard InChI is InChI=1S/C13H22F3NO5S/c1-9-8-10(22-11(9)12(18)17(2)21-3)4-6-23(19,20)7-5-13(14,15)16/h9-11H,4-8H2,1-3H3/t9-,10+,11+/m1/s1. The summed E-state index contributed by atoms with van der Waals surface area (Å²) in [6.45, 7) is 1.80. The van der Waals surface area contributed by atoms with Crippen molar-refractivity contribution in [1.82, 2.24) is 5.06 Å². The van der Waals surface area contributed by atoms with E-state index in [1.54, 1.807) is 6.92 Å². The number of hydroxylamine groups is 2. The normalized spacial score (nSPS) is 25.6. The van der Waals surface area contributed by atoms with Gasteiger partial charge in [-0.2, -0.15) is 13.2 Å². The quantitative estimate of drug-likeness (QED) is 0.644. The Kier molecular flexibility index (Phi) is 6.84. The summed E-state index contributed by atoms with van der Waals surface area (Å²) >= 11 is 0. The van der Waals surface area contributed by atoms with Gasteiger partial charge >= 0.3 is 6.18 Å². The summed E-state index contributed by atoms with van der Waals surface area (Å²) in [4.78, 5) is 16.8. The maximum absolute atomic E-state index is 12.1. The smallest absolute Gasteiger partial charge is 0.365 e. The Morgan fingerprint density at radius 1 is 1.35 bits per heavy atom. The minimum atomic E-state index is -4.49. The van der Waals surface area contributed by atoms with Crippen LogP contribution in [-0.2, 0) is 24.2 Å². The summed E-state index contributed by atoms with van der Waals surface area (Å²) in [6.07, 6.45) is -6.49. The van der Waals surface area contributed by atoms with Gasteiger partial charge in [-0.25, -0.2) is 13.5 Å². The Hall–Kier alpha value is -0.870. The molecule has 0 aromatic carbocycles. The van der Waals surface area contributed by atoms with Crippen LogP contribution in [0.4, 0.5) is 13.2 Å². The van der Waals surface area contributed by atoms with Crippen LogP contribution in [0.3, 0.4) is 0 Å². The summed E-state index contributed by atoms with van der Waals surface area (Å²) in [5.74, 6) is -1.81. The zero-order valence-electron chi connectivity index (χ0n) is 13.3. The largest absolute Gasteiger partial charge is 0.390 e. The molecule has 0 aliphatic carbocycles. The summed E-state index contributed by atoms with van der Waals surface area (Å²) in [5.41, 5.74) is 0. The van der Waals surface area contributed by atoms with Gasteiger partial charge in [-0.15, -0.1) is 0 Å². The van der Waals surface area contributed by atoms with Gasteiger partial charge in [-0.1, -0.05) is 6.92 Å². The zero-order chi connectivity index (χ0) is 17.8. The molecule has 1 amide bonds. The molecule has 1 rings (SSSR count). The van der Waals surface area contributed by atoms with E-state index in [1.165, 1.54) is 14.2 Å². The summed E-state index contributed by atoms with van der Waals surface area (Å²) in [6, 6.07) is 0. The Bertz CT molecular complexity index is 508. The molecule has 0 N–H and O–H groups in total. The lowest BCUT2D eigenvalue weighted by Crippen LogP contribution is -2.38. The third-order valence-electron chi connectivity index (χ3n) is 3.77. The molecular weight excluding hydrogens is 339 g/mol. The molecule has 1 saturated heterocycles. The van der Waals surface area contributed by atoms with Crippen LogP contribution in [-0.4, -0.2) is 63.4 Å². The number of likely N-dealkylation sites (N-methyl/N-ethyl adjacent to an activating group) is 1. The monoisotopic (exact) mass is 361 g/mol. The van der Waals surface area contributed by atoms with Crippen LogP contribution < -0.4 is 0 Å². The van der Waals surface area contributed by atoms with Crippen molar-refractivity contribution >= 4 is 15.7 Å². The Morgan fingerprint density at radius 3 is 2.48 bits per heavy atom. The van der Waals surface area contributed by atoms with Crippen molar-refractivity contribution in [2.75, 3.05) is 25.7 Å². The van der Waals surface area contributed by atoms with E-state index >= 15 is 0 Å². The number of halogens is 3. The molecule has 6 nitrogen and oxygen atoms in total. The van der Waals surface area contributed by atoms with E-state index in [4.69, 9.17) is 9.57 Å². The minimum Gasteiger partial charge on any atom is -0.365 e. The number of hydrogen-bond acceptors (Lipinski definition) is 5. The molecule has 0 aromatic heterocycles. The van der Waals surface area contributed by atoms with Gasteiger partial charge in [0.1, 0.15) is 6.10 Å². The minimum absolute atomic E-state index is 0.0744. The summed E-state index contributed by atoms with van der Waals surface area (Å²) in [7, 11) is -1.03. The molecule has 136 valence electrons. The topological polar surface area (TPSA) is 72.9 Å². The number of sulfone groups is 1. The molecule has 10 heteroatoms. The van der Waals surface area contributed by atoms with E-state index in [-0.39, 0.29) is 24.0 Å². The maximum Gasteiger partial charge on any atom is 0.390 e. The van der Waals surface area contributed by atoms with Crippen molar-refractivity contribution in [3.63, 3.8) is 0 Å². The van der Waals surface area contributed by atoms with E-state index in [1.807, 2.05) is 0 Å². The highest BCUT2D eigenvalue weighted by Crippen LogP contribution is 2.29. The first kappa shape index (κ1) is 20.2. The molecule has 0 unspecified atom stereocenters. The highest BCUT2D eigenvalue weighted by Gasteiger charge is 2.39. The molecule has 0 radical (unpaired) electrons. The number of carbonyl (C=O) groups is 1. The Balaban J connectivity index is 2.49. The molecule has 0 aromatic rings. The van der Waals surface area contributed by atoms with Crippen LogP contribution in [0, 0.1) is 5.92 Å². The highest BCUT2D eigenvalue weighted by atomic mass is 32.2. The first-order valence-corrected chi connectivity index (χ1v) is 9.01. The van der Waals surface area contributed by atoms with Crippen molar-refractivity contribution < 1.29 is 36.0 Å². The van der Waals surface area contributed by atoms with Crippen LogP contribution in [0.5, 0.6) is 0 Å². The van der Waals surface area contributed by atoms with Gasteiger partial charge in [0.2, 0.25) is 0 Å². The van der Waals surface area contributed by atoms with Crippen molar-refractivity contribution in [1.29, 1.82) is 0 Å². The van der Waals surface area contributed by atoms with Gasteiger partial charge < -0.3 is 4.74 Å². The van der Waals surface area contributed by atoms with Crippen LogP contribution in [0.1, 0.15) is 26.2 Å². The summed E-state index contributed by atoms with van der Waals surface area (Å²) < 4.78 is 65.1. The van der Waals surface area contributed by atoms with Crippen LogP contribution >= 0.6 is 0 Å². The Morgan fingerprint density at radius 2 is 1.96 bits per heavy atom. The molecule has 1 aliphatic rings. The fourth-order valence-corrected chi connectivity index (χ4v) is 3.74. The van der Waals surface area contributed by atoms with Crippen LogP contribution in [0.2, 0.25) is 0 Å². The number of rotatable bonds is 7. The number of ether oxygens (including phenoxy) is 1. The van der Waals surface area contributed by atoms with E-state index in [0.717, 1.165) is 5.06 Å². The first-order chi connectivity index (χ1) is 10.4. The number of carbonyl (C=O) groups excluding carboxylic acids is 1. The molecule has 0 bridgehead atoms. The van der Waals surface area contributed by atoms with Crippen LogP contribution in [0.15, 0.2) is 0 Å². The molecule has 1 heterocycles. The van der Waals surface area contributed by atoms with Gasteiger partial charge in [-0.05, 0) is 18.8 Å². The second-order valence-electron chi connectivity index (χ2n) is 5.72. The molecule has 1 fully saturated rings. The summed E-state index contributed by atoms with van der Waals surface area (Å²) in [5, 5.41) is 1.03. The molecule has 0 saturated carbocycles. The molecule has 3 atom stereocenters. The third-order valence-corrected chi connectivity index (χ3v) is 5.45. The van der Waals surface area contributed by atoms with Crippen LogP contribution in [0.25, 0.3) is 0 Å². The lowest BCUT2D eigenvalue weighted by Gasteiger charge is -2.20. The van der Waals surface area contributed by atoms with Gasteiger partial charge in [0.15, 0.2) is 9.84 Å². The third kappa shape index (κ3) is 6.64. The van der Waals surface area contributed by atoms with E-state index in [0.29, 0.717) is 6.42 Å². The van der Waals surface area contributed by atoms with Crippen molar-refractivity contribution in [2.45, 2.75) is 44.6 Å². The number of amides is 1. The second kappa shape index (κ2) is 7.80. The fourth-order valence-electron chi connectivity index (χ4n) is 2.38. The van der Waals surface area contributed by atoms with E-state index < -0.39 is 40.4 Å². The molecular formula is C13H22F3NO5S. The molecule has 23 heavy (non-hydrogen) atoms. The number of hydrogen-bond donors (Lipinski definition) is 0. The SMILES string of the molecule is CON(C)C(=O)[C@H]1O[C@@H](CCS(=O)(=O)CCC(F)(F)F)C[C@H]1C. The highest BCUT2D eigenvalue weighted by molar-refractivity contribution is 7.91. The number of alkyl halides is 3. The maximum atomic E-state index is 12.1. The molecule has 1 aliphatic heterocycles. The van der Waals surface area contributed by atoms with E-state index in [9.17, 15) is 26.4 Å². The predicted octanol–water partition coefficient (Wildman–Crippen LogP) is 1.56. The fraction of sp³-hybridized carbons (Fsp3) is 0.923. The van der Waals surface area contributed by atoms with Crippen molar-refractivity contribution in [3.05, 3.63) is 0 Å². The van der Waals surface area contributed by atoms with Crippen molar-refractivity contribution in [3.8, 4) is 0 Å². The lowest BCUT2D eigenvalue weighted by atomic mass is 10.0. The second-order valence-corrected chi connectivity index (χ2v) is 8.02. The lowest BCUT2D eigenvalue weighted by molar-refractivity contribution is -0.181. The van der Waals surface area contributed by atoms with Gasteiger partial charge in [-0.3, -0.25) is 9.63 Å². The van der Waals surface area contributed by atoms with Gasteiger partial charge in [0, 0.05) is 7.05 Å². The van der Waals surface area contributed by atoms with Gasteiger partial charge in [0.25, 0.3) is 5.91 Å². The van der Waals surface area contributed by atoms with Crippen molar-refractivity contribution in [2.24, 2.45) is 5.92 Å². The predicted molar refractivity (Wildman–Crippen MR) is 76.2 cm³/mol.